The second-order valence-electron chi connectivity index (χ2n) is 5.07. The normalized spacial score (nSPS) is 23.3. The predicted molar refractivity (Wildman–Crippen MR) is 60.1 cm³/mol. The zero-order valence-corrected chi connectivity index (χ0v) is 10.5. The van der Waals surface area contributed by atoms with Crippen LogP contribution < -0.4 is 0 Å². The molecule has 0 aromatic carbocycles. The minimum absolute atomic E-state index is 0.150. The van der Waals surface area contributed by atoms with Gasteiger partial charge in [0.25, 0.3) is 0 Å². The maximum Gasteiger partial charge on any atom is 0.214 e. The first kappa shape index (κ1) is 12.9. The minimum Gasteiger partial charge on any atom is -0.390 e. The van der Waals surface area contributed by atoms with E-state index in [-0.39, 0.29) is 11.7 Å². The van der Waals surface area contributed by atoms with Crippen molar-refractivity contribution < 1.29 is 13.5 Å². The molecule has 0 saturated carbocycles. The van der Waals surface area contributed by atoms with E-state index in [0.717, 1.165) is 0 Å². The summed E-state index contributed by atoms with van der Waals surface area (Å²) in [6.45, 7) is 6.46. The van der Waals surface area contributed by atoms with Gasteiger partial charge in [0.15, 0.2) is 0 Å². The lowest BCUT2D eigenvalue weighted by atomic mass is 9.95. The van der Waals surface area contributed by atoms with E-state index in [9.17, 15) is 13.5 Å². The van der Waals surface area contributed by atoms with Gasteiger partial charge in [-0.3, -0.25) is 0 Å². The average molecular weight is 235 g/mol. The Morgan fingerprint density at radius 3 is 2.20 bits per heavy atom. The molecule has 4 nitrogen and oxygen atoms in total. The van der Waals surface area contributed by atoms with Crippen molar-refractivity contribution in [2.45, 2.75) is 39.2 Å². The topological polar surface area (TPSA) is 57.6 Å². The van der Waals surface area contributed by atoms with Crippen LogP contribution in [-0.2, 0) is 10.0 Å². The Labute approximate surface area is 92.3 Å². The SMILES string of the molecule is CC(C)CS(=O)(=O)N1CCC(C)(O)CC1. The van der Waals surface area contributed by atoms with Gasteiger partial charge in [-0.15, -0.1) is 0 Å². The molecule has 0 amide bonds. The van der Waals surface area contributed by atoms with Gasteiger partial charge in [0.2, 0.25) is 10.0 Å². The first-order valence-electron chi connectivity index (χ1n) is 5.43. The number of aliphatic hydroxyl groups is 1. The van der Waals surface area contributed by atoms with Crippen LogP contribution in [0.4, 0.5) is 0 Å². The molecule has 1 aliphatic rings. The fourth-order valence-corrected chi connectivity index (χ4v) is 3.56. The molecule has 1 rings (SSSR count). The minimum atomic E-state index is -3.11. The van der Waals surface area contributed by atoms with Gasteiger partial charge < -0.3 is 5.11 Å². The number of hydrogen-bond donors (Lipinski definition) is 1. The number of hydrogen-bond acceptors (Lipinski definition) is 3. The Kier molecular flexibility index (Phi) is 3.79. The Balaban J connectivity index is 2.60. The molecule has 15 heavy (non-hydrogen) atoms. The summed E-state index contributed by atoms with van der Waals surface area (Å²) in [5, 5.41) is 9.72. The molecule has 0 aromatic heterocycles. The highest BCUT2D eigenvalue weighted by atomic mass is 32.2. The standard InChI is InChI=1S/C10H21NO3S/c1-9(2)8-15(13,14)11-6-4-10(3,12)5-7-11/h9,12H,4-8H2,1-3H3. The van der Waals surface area contributed by atoms with Gasteiger partial charge >= 0.3 is 0 Å². The van der Waals surface area contributed by atoms with Crippen molar-refractivity contribution in [3.63, 3.8) is 0 Å². The van der Waals surface area contributed by atoms with Crippen molar-refractivity contribution in [1.29, 1.82) is 0 Å². The van der Waals surface area contributed by atoms with E-state index >= 15 is 0 Å². The Bertz CT molecular complexity index is 299. The summed E-state index contributed by atoms with van der Waals surface area (Å²) in [6.07, 6.45) is 1.06. The first-order chi connectivity index (χ1) is 6.73. The third kappa shape index (κ3) is 3.74. The quantitative estimate of drug-likeness (QED) is 0.788. The van der Waals surface area contributed by atoms with Gasteiger partial charge in [-0.25, -0.2) is 12.7 Å². The summed E-state index contributed by atoms with van der Waals surface area (Å²) in [6, 6.07) is 0. The lowest BCUT2D eigenvalue weighted by Crippen LogP contribution is -2.46. The van der Waals surface area contributed by atoms with Gasteiger partial charge in [-0.1, -0.05) is 13.8 Å². The molecule has 5 heteroatoms. The number of sulfonamides is 1. The molecular formula is C10H21NO3S. The van der Waals surface area contributed by atoms with E-state index in [1.165, 1.54) is 4.31 Å². The van der Waals surface area contributed by atoms with E-state index in [1.807, 2.05) is 13.8 Å². The van der Waals surface area contributed by atoms with E-state index in [4.69, 9.17) is 0 Å². The average Bonchev–Trinajstić information content (AvgIpc) is 2.00. The molecule has 1 fully saturated rings. The van der Waals surface area contributed by atoms with Gasteiger partial charge in [-0.2, -0.15) is 0 Å². The smallest absolute Gasteiger partial charge is 0.214 e. The predicted octanol–water partition coefficient (Wildman–Crippen LogP) is 0.819. The van der Waals surface area contributed by atoms with Crippen LogP contribution in [0.3, 0.4) is 0 Å². The van der Waals surface area contributed by atoms with E-state index in [0.29, 0.717) is 25.9 Å². The van der Waals surface area contributed by atoms with Crippen molar-refractivity contribution in [3.05, 3.63) is 0 Å². The maximum atomic E-state index is 11.9. The molecule has 1 saturated heterocycles. The molecule has 1 heterocycles. The van der Waals surface area contributed by atoms with Crippen molar-refractivity contribution in [1.82, 2.24) is 4.31 Å². The fraction of sp³-hybridized carbons (Fsp3) is 1.00. The largest absolute Gasteiger partial charge is 0.390 e. The lowest BCUT2D eigenvalue weighted by molar-refractivity contribution is 0.0126. The summed E-state index contributed by atoms with van der Waals surface area (Å²) in [5.74, 6) is 0.354. The molecule has 0 aromatic rings. The van der Waals surface area contributed by atoms with Gasteiger partial charge in [0.1, 0.15) is 0 Å². The van der Waals surface area contributed by atoms with Gasteiger partial charge in [0.05, 0.1) is 11.4 Å². The zero-order valence-electron chi connectivity index (χ0n) is 9.73. The first-order valence-corrected chi connectivity index (χ1v) is 7.04. The number of piperidine rings is 1. The zero-order chi connectivity index (χ0) is 11.7. The monoisotopic (exact) mass is 235 g/mol. The lowest BCUT2D eigenvalue weighted by Gasteiger charge is -2.35. The third-order valence-corrected chi connectivity index (χ3v) is 4.98. The maximum absolute atomic E-state index is 11.9. The Hall–Kier alpha value is -0.130. The summed E-state index contributed by atoms with van der Waals surface area (Å²) >= 11 is 0. The Morgan fingerprint density at radius 2 is 1.80 bits per heavy atom. The van der Waals surface area contributed by atoms with E-state index in [1.54, 1.807) is 6.92 Å². The molecule has 0 atom stereocenters. The molecule has 0 spiro atoms. The molecule has 0 radical (unpaired) electrons. The molecule has 0 unspecified atom stereocenters. The van der Waals surface area contributed by atoms with Crippen LogP contribution in [0.2, 0.25) is 0 Å². The second-order valence-corrected chi connectivity index (χ2v) is 7.08. The van der Waals surface area contributed by atoms with Crippen molar-refractivity contribution in [3.8, 4) is 0 Å². The van der Waals surface area contributed by atoms with E-state index in [2.05, 4.69) is 0 Å². The van der Waals surface area contributed by atoms with Crippen LogP contribution in [-0.4, -0.2) is 42.3 Å². The highest BCUT2D eigenvalue weighted by Crippen LogP contribution is 2.23. The van der Waals surface area contributed by atoms with Crippen molar-refractivity contribution in [2.75, 3.05) is 18.8 Å². The number of rotatable bonds is 3. The second kappa shape index (κ2) is 4.39. The third-order valence-electron chi connectivity index (χ3n) is 2.74. The highest BCUT2D eigenvalue weighted by molar-refractivity contribution is 7.89. The van der Waals surface area contributed by atoms with E-state index < -0.39 is 15.6 Å². The molecule has 0 bridgehead atoms. The molecular weight excluding hydrogens is 214 g/mol. The summed E-state index contributed by atoms with van der Waals surface area (Å²) in [4.78, 5) is 0. The fourth-order valence-electron chi connectivity index (χ4n) is 1.77. The van der Waals surface area contributed by atoms with Gasteiger partial charge in [0, 0.05) is 13.1 Å². The molecule has 90 valence electrons. The Morgan fingerprint density at radius 1 is 1.33 bits per heavy atom. The van der Waals surface area contributed by atoms with Crippen LogP contribution in [0.25, 0.3) is 0 Å². The van der Waals surface area contributed by atoms with Crippen LogP contribution in [0.1, 0.15) is 33.6 Å². The summed E-state index contributed by atoms with van der Waals surface area (Å²) < 4.78 is 25.2. The van der Waals surface area contributed by atoms with Crippen LogP contribution in [0.15, 0.2) is 0 Å². The summed E-state index contributed by atoms with van der Waals surface area (Å²) in [7, 11) is -3.11. The molecule has 0 aliphatic carbocycles. The van der Waals surface area contributed by atoms with Crippen LogP contribution >= 0.6 is 0 Å². The van der Waals surface area contributed by atoms with Crippen LogP contribution in [0, 0.1) is 5.92 Å². The molecule has 1 N–H and O–H groups in total. The molecule has 1 aliphatic heterocycles. The van der Waals surface area contributed by atoms with Crippen molar-refractivity contribution in [2.24, 2.45) is 5.92 Å². The number of nitrogens with zero attached hydrogens (tertiary/aromatic N) is 1. The van der Waals surface area contributed by atoms with Crippen molar-refractivity contribution >= 4 is 10.0 Å². The summed E-state index contributed by atoms with van der Waals surface area (Å²) in [5.41, 5.74) is -0.691. The van der Waals surface area contributed by atoms with Crippen LogP contribution in [0.5, 0.6) is 0 Å². The highest BCUT2D eigenvalue weighted by Gasteiger charge is 2.33. The van der Waals surface area contributed by atoms with Gasteiger partial charge in [-0.05, 0) is 25.7 Å².